The highest BCUT2D eigenvalue weighted by Gasteiger charge is 2.17. The molecule has 0 bridgehead atoms. The average Bonchev–Trinajstić information content (AvgIpc) is 2.80. The number of nitrogens with zero attached hydrogens (tertiary/aromatic N) is 1. The van der Waals surface area contributed by atoms with E-state index in [9.17, 15) is 13.6 Å². The number of benzene rings is 3. The molecular formula is C24H25F2N3O3. The second kappa shape index (κ2) is 11.1. The van der Waals surface area contributed by atoms with Crippen molar-refractivity contribution in [1.82, 2.24) is 4.90 Å². The van der Waals surface area contributed by atoms with Gasteiger partial charge in [-0.05, 0) is 35.4 Å². The molecule has 0 heterocycles. The number of hydrogen-bond donors (Lipinski definition) is 2. The fourth-order valence-electron chi connectivity index (χ4n) is 3.08. The van der Waals surface area contributed by atoms with Crippen molar-refractivity contribution in [1.29, 1.82) is 0 Å². The lowest BCUT2D eigenvalue weighted by Crippen LogP contribution is -2.38. The zero-order valence-corrected chi connectivity index (χ0v) is 17.7. The second-order valence-corrected chi connectivity index (χ2v) is 7.02. The first-order valence-corrected chi connectivity index (χ1v) is 10.0. The van der Waals surface area contributed by atoms with Crippen LogP contribution in [0.2, 0.25) is 0 Å². The van der Waals surface area contributed by atoms with Crippen molar-refractivity contribution >= 4 is 11.7 Å². The number of urea groups is 1. The van der Waals surface area contributed by atoms with Gasteiger partial charge in [0.15, 0.2) is 11.5 Å². The molecule has 168 valence electrons. The summed E-state index contributed by atoms with van der Waals surface area (Å²) in [6.07, 6.45) is 0. The Morgan fingerprint density at radius 2 is 1.78 bits per heavy atom. The van der Waals surface area contributed by atoms with Crippen LogP contribution in [0.4, 0.5) is 19.3 Å². The highest BCUT2D eigenvalue weighted by atomic mass is 19.1. The molecule has 0 aromatic heterocycles. The van der Waals surface area contributed by atoms with Crippen molar-refractivity contribution < 1.29 is 23.0 Å². The number of rotatable bonds is 9. The Labute approximate surface area is 185 Å². The highest BCUT2D eigenvalue weighted by Crippen LogP contribution is 2.29. The van der Waals surface area contributed by atoms with Gasteiger partial charge in [-0.2, -0.15) is 0 Å². The van der Waals surface area contributed by atoms with Gasteiger partial charge in [-0.1, -0.05) is 36.4 Å². The molecule has 3 aromatic rings. The molecule has 0 radical (unpaired) electrons. The number of halogens is 2. The van der Waals surface area contributed by atoms with E-state index < -0.39 is 17.7 Å². The van der Waals surface area contributed by atoms with E-state index in [4.69, 9.17) is 15.2 Å². The van der Waals surface area contributed by atoms with Crippen LogP contribution in [0.3, 0.4) is 0 Å². The standard InChI is InChI=1S/C24H25F2N3O3/c1-31-23-13-18(7-10-22(23)32-16-17-5-3-2-4-6-17)15-29(12-11-27)24(30)28-21-9-8-19(25)14-20(21)26/h2-10,13-14H,11-12,15-16,27H2,1H3,(H,28,30). The number of hydrogen-bond acceptors (Lipinski definition) is 4. The molecule has 2 amide bonds. The van der Waals surface area contributed by atoms with Crippen molar-refractivity contribution in [2.45, 2.75) is 13.2 Å². The number of nitrogens with two attached hydrogens (primary N) is 1. The molecule has 0 spiro atoms. The summed E-state index contributed by atoms with van der Waals surface area (Å²) in [6.45, 7) is 1.06. The molecule has 8 heteroatoms. The number of methoxy groups -OCH3 is 1. The monoisotopic (exact) mass is 441 g/mol. The maximum atomic E-state index is 13.9. The Bertz CT molecular complexity index is 1050. The van der Waals surface area contributed by atoms with Crippen LogP contribution in [-0.2, 0) is 13.2 Å². The summed E-state index contributed by atoms with van der Waals surface area (Å²) in [4.78, 5) is 14.1. The average molecular weight is 441 g/mol. The predicted molar refractivity (Wildman–Crippen MR) is 119 cm³/mol. The van der Waals surface area contributed by atoms with Crippen LogP contribution in [0.25, 0.3) is 0 Å². The number of anilines is 1. The van der Waals surface area contributed by atoms with E-state index in [1.165, 1.54) is 18.1 Å². The molecule has 0 unspecified atom stereocenters. The topological polar surface area (TPSA) is 76.8 Å². The van der Waals surface area contributed by atoms with Crippen LogP contribution in [0, 0.1) is 11.6 Å². The van der Waals surface area contributed by atoms with Crippen molar-refractivity contribution in [3.8, 4) is 11.5 Å². The van der Waals surface area contributed by atoms with Gasteiger partial charge in [0.25, 0.3) is 0 Å². The quantitative estimate of drug-likeness (QED) is 0.511. The Morgan fingerprint density at radius 3 is 2.47 bits per heavy atom. The maximum absolute atomic E-state index is 13.9. The van der Waals surface area contributed by atoms with E-state index in [1.807, 2.05) is 36.4 Å². The summed E-state index contributed by atoms with van der Waals surface area (Å²) in [5, 5.41) is 2.45. The number of nitrogens with one attached hydrogen (secondary N) is 1. The van der Waals surface area contributed by atoms with Crippen molar-refractivity contribution in [2.24, 2.45) is 5.73 Å². The summed E-state index contributed by atoms with van der Waals surface area (Å²) in [6, 6.07) is 17.5. The lowest BCUT2D eigenvalue weighted by atomic mass is 10.2. The Morgan fingerprint density at radius 1 is 1.00 bits per heavy atom. The minimum atomic E-state index is -0.854. The van der Waals surface area contributed by atoms with Gasteiger partial charge in [-0.3, -0.25) is 0 Å². The fourth-order valence-corrected chi connectivity index (χ4v) is 3.08. The Balaban J connectivity index is 1.70. The van der Waals surface area contributed by atoms with Crippen molar-refractivity contribution in [3.63, 3.8) is 0 Å². The molecule has 3 N–H and O–H groups in total. The number of amides is 2. The molecule has 0 atom stereocenters. The van der Waals surface area contributed by atoms with Crippen LogP contribution in [0.15, 0.2) is 66.7 Å². The molecular weight excluding hydrogens is 416 g/mol. The second-order valence-electron chi connectivity index (χ2n) is 7.02. The maximum Gasteiger partial charge on any atom is 0.322 e. The van der Waals surface area contributed by atoms with Gasteiger partial charge >= 0.3 is 6.03 Å². The lowest BCUT2D eigenvalue weighted by molar-refractivity contribution is 0.210. The Hall–Kier alpha value is -3.65. The Kier molecular flexibility index (Phi) is 7.99. The first kappa shape index (κ1) is 23.0. The summed E-state index contributed by atoms with van der Waals surface area (Å²) in [7, 11) is 1.54. The highest BCUT2D eigenvalue weighted by molar-refractivity contribution is 5.89. The van der Waals surface area contributed by atoms with E-state index >= 15 is 0 Å². The molecule has 0 saturated carbocycles. The van der Waals surface area contributed by atoms with E-state index in [0.717, 1.165) is 17.2 Å². The van der Waals surface area contributed by atoms with Gasteiger partial charge in [-0.25, -0.2) is 13.6 Å². The third-order valence-corrected chi connectivity index (χ3v) is 4.70. The van der Waals surface area contributed by atoms with E-state index in [-0.39, 0.29) is 25.3 Å². The van der Waals surface area contributed by atoms with Gasteiger partial charge in [0.2, 0.25) is 0 Å². The van der Waals surface area contributed by atoms with Gasteiger partial charge in [0.05, 0.1) is 12.8 Å². The lowest BCUT2D eigenvalue weighted by Gasteiger charge is -2.23. The van der Waals surface area contributed by atoms with Gasteiger partial charge in [-0.15, -0.1) is 0 Å². The van der Waals surface area contributed by atoms with E-state index in [0.29, 0.717) is 24.2 Å². The van der Waals surface area contributed by atoms with E-state index in [1.54, 1.807) is 12.1 Å². The minimum absolute atomic E-state index is 0.110. The molecule has 3 aromatic carbocycles. The molecule has 6 nitrogen and oxygen atoms in total. The van der Waals surface area contributed by atoms with E-state index in [2.05, 4.69) is 5.32 Å². The third kappa shape index (κ3) is 6.18. The largest absolute Gasteiger partial charge is 0.493 e. The number of ether oxygens (including phenoxy) is 2. The van der Waals surface area contributed by atoms with Crippen LogP contribution in [-0.4, -0.2) is 31.1 Å². The molecule has 0 fully saturated rings. The minimum Gasteiger partial charge on any atom is -0.493 e. The van der Waals surface area contributed by atoms with Crippen molar-refractivity contribution in [3.05, 3.63) is 89.5 Å². The van der Waals surface area contributed by atoms with Crippen LogP contribution < -0.4 is 20.5 Å². The van der Waals surface area contributed by atoms with Gasteiger partial charge < -0.3 is 25.4 Å². The molecule has 0 aliphatic rings. The summed E-state index contributed by atoms with van der Waals surface area (Å²) < 4.78 is 38.3. The van der Waals surface area contributed by atoms with Gasteiger partial charge in [0.1, 0.15) is 18.2 Å². The van der Waals surface area contributed by atoms with Crippen LogP contribution >= 0.6 is 0 Å². The number of carbonyl (C=O) groups excluding carboxylic acids is 1. The molecule has 0 aliphatic carbocycles. The van der Waals surface area contributed by atoms with Gasteiger partial charge in [0, 0.05) is 25.7 Å². The van der Waals surface area contributed by atoms with Crippen LogP contribution in [0.1, 0.15) is 11.1 Å². The predicted octanol–water partition coefficient (Wildman–Crippen LogP) is 4.55. The third-order valence-electron chi connectivity index (χ3n) is 4.70. The zero-order valence-electron chi connectivity index (χ0n) is 17.7. The first-order chi connectivity index (χ1) is 15.5. The number of carbonyl (C=O) groups is 1. The zero-order chi connectivity index (χ0) is 22.9. The molecule has 32 heavy (non-hydrogen) atoms. The molecule has 3 rings (SSSR count). The summed E-state index contributed by atoms with van der Waals surface area (Å²) >= 11 is 0. The molecule has 0 saturated heterocycles. The SMILES string of the molecule is COc1cc(CN(CCN)C(=O)Nc2ccc(F)cc2F)ccc1OCc1ccccc1. The van der Waals surface area contributed by atoms with Crippen LogP contribution in [0.5, 0.6) is 11.5 Å². The summed E-state index contributed by atoms with van der Waals surface area (Å²) in [5.41, 5.74) is 7.34. The first-order valence-electron chi connectivity index (χ1n) is 10.0. The smallest absolute Gasteiger partial charge is 0.322 e. The van der Waals surface area contributed by atoms with Crippen molar-refractivity contribution in [2.75, 3.05) is 25.5 Å². The normalized spacial score (nSPS) is 10.5. The summed E-state index contributed by atoms with van der Waals surface area (Å²) in [5.74, 6) is -0.479. The fraction of sp³-hybridized carbons (Fsp3) is 0.208. The molecule has 0 aliphatic heterocycles.